The number of aliphatic hydroxyl groups is 1. The van der Waals surface area contributed by atoms with Crippen molar-refractivity contribution in [3.63, 3.8) is 0 Å². The van der Waals surface area contributed by atoms with Crippen LogP contribution in [0, 0.1) is 0 Å². The van der Waals surface area contributed by atoms with Gasteiger partial charge in [0.15, 0.2) is 0 Å². The van der Waals surface area contributed by atoms with Gasteiger partial charge in [0.25, 0.3) is 0 Å². The first-order valence-electron chi connectivity index (χ1n) is 6.65. The van der Waals surface area contributed by atoms with Gasteiger partial charge in [0.05, 0.1) is 17.8 Å². The van der Waals surface area contributed by atoms with Crippen LogP contribution in [0.2, 0.25) is 0 Å². The van der Waals surface area contributed by atoms with Gasteiger partial charge in [-0.3, -0.25) is 10.00 Å². The van der Waals surface area contributed by atoms with Gasteiger partial charge in [0, 0.05) is 19.0 Å². The van der Waals surface area contributed by atoms with E-state index in [0.717, 1.165) is 5.69 Å². The number of nitrogens with one attached hydrogen (secondary N) is 2. The molecule has 0 atom stereocenters. The molecule has 0 radical (unpaired) electrons. The largest absolute Gasteiger partial charge is 0.394 e. The van der Waals surface area contributed by atoms with Crippen molar-refractivity contribution in [2.75, 3.05) is 11.9 Å². The first-order valence-corrected chi connectivity index (χ1v) is 6.65. The van der Waals surface area contributed by atoms with Gasteiger partial charge in [-0.1, -0.05) is 6.42 Å². The second-order valence-corrected chi connectivity index (χ2v) is 5.83. The van der Waals surface area contributed by atoms with E-state index in [1.807, 2.05) is 13.1 Å². The molecule has 1 aliphatic rings. The number of aromatic nitrogens is 2. The molecule has 2 rings (SSSR count). The highest BCUT2D eigenvalue weighted by atomic mass is 16.3. The summed E-state index contributed by atoms with van der Waals surface area (Å²) in [5.41, 5.74) is 0.407. The summed E-state index contributed by atoms with van der Waals surface area (Å²) in [6.07, 6.45) is 3.62. The first kappa shape index (κ1) is 13.9. The fraction of sp³-hybridized carbons (Fsp3) is 0.692. The number of hydrogen-bond donors (Lipinski definition) is 3. The zero-order chi connectivity index (χ0) is 14.0. The zero-order valence-corrected chi connectivity index (χ0v) is 11.7. The van der Waals surface area contributed by atoms with Gasteiger partial charge < -0.3 is 10.4 Å². The lowest BCUT2D eigenvalue weighted by Gasteiger charge is -2.23. The second-order valence-electron chi connectivity index (χ2n) is 5.83. The number of carbonyl (C=O) groups is 1. The maximum absolute atomic E-state index is 11.8. The summed E-state index contributed by atoms with van der Waals surface area (Å²) < 4.78 is 1.68. The van der Waals surface area contributed by atoms with Crippen molar-refractivity contribution in [1.82, 2.24) is 15.1 Å². The van der Waals surface area contributed by atoms with E-state index in [0.29, 0.717) is 11.7 Å². The molecule has 1 saturated carbocycles. The lowest BCUT2D eigenvalue weighted by atomic mass is 9.83. The van der Waals surface area contributed by atoms with Gasteiger partial charge in [-0.05, 0) is 26.7 Å². The zero-order valence-electron chi connectivity index (χ0n) is 11.7. The van der Waals surface area contributed by atoms with E-state index in [4.69, 9.17) is 5.11 Å². The lowest BCUT2D eigenvalue weighted by molar-refractivity contribution is 0.187. The molecule has 19 heavy (non-hydrogen) atoms. The molecule has 0 bridgehead atoms. The van der Waals surface area contributed by atoms with Gasteiger partial charge in [0.1, 0.15) is 5.82 Å². The summed E-state index contributed by atoms with van der Waals surface area (Å²) in [5, 5.41) is 19.0. The van der Waals surface area contributed by atoms with Gasteiger partial charge in [-0.25, -0.2) is 4.79 Å². The molecule has 0 unspecified atom stereocenters. The topological polar surface area (TPSA) is 79.2 Å². The highest BCUT2D eigenvalue weighted by Gasteiger charge is 2.24. The van der Waals surface area contributed by atoms with E-state index < -0.39 is 5.54 Å². The number of nitrogens with zero attached hydrogens (tertiary/aromatic N) is 2. The Morgan fingerprint density at radius 1 is 1.58 bits per heavy atom. The predicted molar refractivity (Wildman–Crippen MR) is 73.1 cm³/mol. The Balaban J connectivity index is 1.98. The molecule has 2 amide bonds. The Hall–Kier alpha value is -1.56. The van der Waals surface area contributed by atoms with Gasteiger partial charge in [-0.2, -0.15) is 5.10 Å². The summed E-state index contributed by atoms with van der Waals surface area (Å²) >= 11 is 0. The summed E-state index contributed by atoms with van der Waals surface area (Å²) in [5.74, 6) is 1.21. The van der Waals surface area contributed by atoms with E-state index in [9.17, 15) is 4.79 Å². The molecule has 1 fully saturated rings. The van der Waals surface area contributed by atoms with Crippen LogP contribution in [0.3, 0.4) is 0 Å². The Morgan fingerprint density at radius 2 is 2.26 bits per heavy atom. The van der Waals surface area contributed by atoms with Crippen LogP contribution in [-0.2, 0) is 7.05 Å². The fourth-order valence-corrected chi connectivity index (χ4v) is 2.00. The molecule has 1 aromatic heterocycles. The van der Waals surface area contributed by atoms with Crippen molar-refractivity contribution >= 4 is 11.8 Å². The Bertz CT molecular complexity index is 463. The molecule has 0 saturated heterocycles. The Morgan fingerprint density at radius 3 is 2.79 bits per heavy atom. The van der Waals surface area contributed by atoms with Crippen LogP contribution in [-0.4, -0.2) is 33.1 Å². The van der Waals surface area contributed by atoms with Crippen molar-refractivity contribution in [2.24, 2.45) is 7.05 Å². The molecule has 0 aliphatic heterocycles. The maximum atomic E-state index is 11.8. The molecule has 3 N–H and O–H groups in total. The minimum Gasteiger partial charge on any atom is -0.394 e. The van der Waals surface area contributed by atoms with Crippen LogP contribution in [0.25, 0.3) is 0 Å². The molecule has 1 heterocycles. The number of urea groups is 1. The molecular weight excluding hydrogens is 244 g/mol. The number of amides is 2. The number of anilines is 1. The quantitative estimate of drug-likeness (QED) is 0.774. The van der Waals surface area contributed by atoms with Gasteiger partial charge in [-0.15, -0.1) is 0 Å². The number of aliphatic hydroxyl groups excluding tert-OH is 1. The maximum Gasteiger partial charge on any atom is 0.320 e. The van der Waals surface area contributed by atoms with Crippen LogP contribution >= 0.6 is 0 Å². The summed E-state index contributed by atoms with van der Waals surface area (Å²) in [7, 11) is 1.81. The van der Waals surface area contributed by atoms with Crippen molar-refractivity contribution < 1.29 is 9.90 Å². The van der Waals surface area contributed by atoms with E-state index >= 15 is 0 Å². The van der Waals surface area contributed by atoms with Crippen LogP contribution in [0.15, 0.2) is 6.07 Å². The first-order chi connectivity index (χ1) is 8.91. The van der Waals surface area contributed by atoms with Crippen molar-refractivity contribution in [3.8, 4) is 0 Å². The fourth-order valence-electron chi connectivity index (χ4n) is 2.00. The lowest BCUT2D eigenvalue weighted by Crippen LogP contribution is -2.48. The standard InChI is InChI=1S/C13H22N4O2/c1-13(2,8-18)15-12(19)14-11-7-10(16-17(11)3)9-5-4-6-9/h7,9,18H,4-6,8H2,1-3H3,(H2,14,15,19). The number of hydrogen-bond acceptors (Lipinski definition) is 3. The third-order valence-corrected chi connectivity index (χ3v) is 3.51. The molecular formula is C13H22N4O2. The third-order valence-electron chi connectivity index (χ3n) is 3.51. The van der Waals surface area contributed by atoms with E-state index in [1.54, 1.807) is 18.5 Å². The van der Waals surface area contributed by atoms with Crippen molar-refractivity contribution in [1.29, 1.82) is 0 Å². The highest BCUT2D eigenvalue weighted by Crippen LogP contribution is 2.36. The van der Waals surface area contributed by atoms with Crippen LogP contribution in [0.1, 0.15) is 44.7 Å². The third kappa shape index (κ3) is 3.26. The summed E-state index contributed by atoms with van der Waals surface area (Å²) in [6, 6.07) is 1.59. The smallest absolute Gasteiger partial charge is 0.320 e. The van der Waals surface area contributed by atoms with Crippen molar-refractivity contribution in [2.45, 2.75) is 44.6 Å². The predicted octanol–water partition coefficient (Wildman–Crippen LogP) is 1.58. The molecule has 0 spiro atoms. The Labute approximate surface area is 113 Å². The molecule has 1 aliphatic carbocycles. The minimum absolute atomic E-state index is 0.112. The average Bonchev–Trinajstić information content (AvgIpc) is 2.56. The molecule has 0 aromatic carbocycles. The molecule has 6 heteroatoms. The van der Waals surface area contributed by atoms with Crippen LogP contribution < -0.4 is 10.6 Å². The van der Waals surface area contributed by atoms with Crippen molar-refractivity contribution in [3.05, 3.63) is 11.8 Å². The average molecular weight is 266 g/mol. The normalized spacial score (nSPS) is 16.0. The second kappa shape index (κ2) is 5.21. The molecule has 6 nitrogen and oxygen atoms in total. The summed E-state index contributed by atoms with van der Waals surface area (Å²) in [6.45, 7) is 3.41. The van der Waals surface area contributed by atoms with Gasteiger partial charge in [0.2, 0.25) is 0 Å². The Kier molecular flexibility index (Phi) is 3.80. The van der Waals surface area contributed by atoms with E-state index in [-0.39, 0.29) is 12.6 Å². The molecule has 1 aromatic rings. The monoisotopic (exact) mass is 266 g/mol. The van der Waals surface area contributed by atoms with Crippen LogP contribution in [0.5, 0.6) is 0 Å². The number of carbonyl (C=O) groups excluding carboxylic acids is 1. The van der Waals surface area contributed by atoms with Gasteiger partial charge >= 0.3 is 6.03 Å². The summed E-state index contributed by atoms with van der Waals surface area (Å²) in [4.78, 5) is 11.8. The van der Waals surface area contributed by atoms with E-state index in [1.165, 1.54) is 19.3 Å². The molecule has 106 valence electrons. The number of rotatable bonds is 4. The minimum atomic E-state index is -0.639. The number of aryl methyl sites for hydroxylation is 1. The highest BCUT2D eigenvalue weighted by molar-refractivity contribution is 5.88. The SMILES string of the molecule is Cn1nc(C2CCC2)cc1NC(=O)NC(C)(C)CO. The van der Waals surface area contributed by atoms with Crippen LogP contribution in [0.4, 0.5) is 10.6 Å². The van der Waals surface area contributed by atoms with E-state index in [2.05, 4.69) is 15.7 Å².